The molecular formula is C17H28N2O2. The zero-order valence-corrected chi connectivity index (χ0v) is 13.3. The quantitative estimate of drug-likeness (QED) is 0.734. The second-order valence-corrected chi connectivity index (χ2v) is 6.09. The number of nitrogens with one attached hydrogen (secondary N) is 1. The molecule has 0 saturated heterocycles. The van der Waals surface area contributed by atoms with E-state index in [4.69, 9.17) is 10.5 Å². The van der Waals surface area contributed by atoms with Gasteiger partial charge in [-0.05, 0) is 23.8 Å². The van der Waals surface area contributed by atoms with Crippen molar-refractivity contribution in [2.75, 3.05) is 13.2 Å². The highest BCUT2D eigenvalue weighted by Crippen LogP contribution is 2.04. The molecular weight excluding hydrogens is 264 g/mol. The molecule has 2 atom stereocenters. The van der Waals surface area contributed by atoms with Crippen molar-refractivity contribution in [2.45, 2.75) is 39.8 Å². The molecule has 1 aromatic rings. The van der Waals surface area contributed by atoms with E-state index in [9.17, 15) is 4.79 Å². The molecule has 21 heavy (non-hydrogen) atoms. The van der Waals surface area contributed by atoms with E-state index in [1.807, 2.05) is 30.3 Å². The van der Waals surface area contributed by atoms with E-state index >= 15 is 0 Å². The summed E-state index contributed by atoms with van der Waals surface area (Å²) in [5.41, 5.74) is 7.00. The maximum Gasteiger partial charge on any atom is 0.236 e. The van der Waals surface area contributed by atoms with E-state index in [2.05, 4.69) is 26.1 Å². The van der Waals surface area contributed by atoms with Gasteiger partial charge in [-0.3, -0.25) is 4.79 Å². The zero-order valence-electron chi connectivity index (χ0n) is 13.3. The lowest BCUT2D eigenvalue weighted by molar-refractivity contribution is -0.122. The van der Waals surface area contributed by atoms with Gasteiger partial charge in [0.25, 0.3) is 0 Å². The second-order valence-electron chi connectivity index (χ2n) is 6.09. The molecule has 0 radical (unpaired) electrons. The summed E-state index contributed by atoms with van der Waals surface area (Å²) in [6.45, 7) is 8.00. The van der Waals surface area contributed by atoms with Crippen LogP contribution in [0.4, 0.5) is 0 Å². The van der Waals surface area contributed by atoms with Crippen molar-refractivity contribution in [2.24, 2.45) is 17.6 Å². The SMILES string of the molecule is CC(C)C[C@H](N)C(=O)NCC(C)COCc1ccccc1. The van der Waals surface area contributed by atoms with E-state index < -0.39 is 6.04 Å². The molecule has 0 aromatic heterocycles. The summed E-state index contributed by atoms with van der Waals surface area (Å²) in [7, 11) is 0. The maximum absolute atomic E-state index is 11.8. The Morgan fingerprint density at radius 1 is 1.24 bits per heavy atom. The standard InChI is InChI=1S/C17H28N2O2/c1-13(2)9-16(18)17(20)19-10-14(3)11-21-12-15-7-5-4-6-8-15/h4-8,13-14,16H,9-12,18H2,1-3H3,(H,19,20)/t14?,16-/m0/s1. The number of amides is 1. The second kappa shape index (κ2) is 9.53. The predicted molar refractivity (Wildman–Crippen MR) is 85.7 cm³/mol. The number of hydrogen-bond acceptors (Lipinski definition) is 3. The number of carbonyl (C=O) groups excluding carboxylic acids is 1. The molecule has 0 fully saturated rings. The third-order valence-electron chi connectivity index (χ3n) is 3.20. The smallest absolute Gasteiger partial charge is 0.236 e. The minimum atomic E-state index is -0.414. The third kappa shape index (κ3) is 7.83. The van der Waals surface area contributed by atoms with Crippen LogP contribution in [-0.2, 0) is 16.1 Å². The minimum Gasteiger partial charge on any atom is -0.376 e. The average molecular weight is 292 g/mol. The van der Waals surface area contributed by atoms with Gasteiger partial charge in [0, 0.05) is 6.54 Å². The Kier molecular flexibility index (Phi) is 8.01. The lowest BCUT2D eigenvalue weighted by Crippen LogP contribution is -2.43. The first kappa shape index (κ1) is 17.7. The van der Waals surface area contributed by atoms with Crippen LogP contribution in [0.25, 0.3) is 0 Å². The van der Waals surface area contributed by atoms with Gasteiger partial charge >= 0.3 is 0 Å². The normalized spacial score (nSPS) is 14.0. The van der Waals surface area contributed by atoms with Crippen molar-refractivity contribution < 1.29 is 9.53 Å². The average Bonchev–Trinajstić information content (AvgIpc) is 2.45. The first-order valence-corrected chi connectivity index (χ1v) is 7.64. The molecule has 1 unspecified atom stereocenters. The Hall–Kier alpha value is -1.39. The Balaban J connectivity index is 2.16. The molecule has 0 aliphatic carbocycles. The van der Waals surface area contributed by atoms with Crippen molar-refractivity contribution in [1.82, 2.24) is 5.32 Å². The molecule has 4 heteroatoms. The van der Waals surface area contributed by atoms with Gasteiger partial charge in [0.15, 0.2) is 0 Å². The summed E-state index contributed by atoms with van der Waals surface area (Å²) in [4.78, 5) is 11.8. The van der Waals surface area contributed by atoms with Crippen LogP contribution in [0.3, 0.4) is 0 Å². The van der Waals surface area contributed by atoms with Gasteiger partial charge in [-0.2, -0.15) is 0 Å². The minimum absolute atomic E-state index is 0.0707. The molecule has 0 saturated carbocycles. The highest BCUT2D eigenvalue weighted by Gasteiger charge is 2.15. The molecule has 4 nitrogen and oxygen atoms in total. The van der Waals surface area contributed by atoms with Crippen LogP contribution in [0.15, 0.2) is 30.3 Å². The Morgan fingerprint density at radius 3 is 2.52 bits per heavy atom. The van der Waals surface area contributed by atoms with Crippen molar-refractivity contribution >= 4 is 5.91 Å². The molecule has 0 heterocycles. The van der Waals surface area contributed by atoms with Crippen LogP contribution >= 0.6 is 0 Å². The fraction of sp³-hybridized carbons (Fsp3) is 0.588. The maximum atomic E-state index is 11.8. The lowest BCUT2D eigenvalue weighted by atomic mass is 10.0. The molecule has 118 valence electrons. The van der Waals surface area contributed by atoms with Crippen molar-refractivity contribution in [1.29, 1.82) is 0 Å². The number of ether oxygens (including phenoxy) is 1. The van der Waals surface area contributed by atoms with Gasteiger partial charge in [-0.25, -0.2) is 0 Å². The van der Waals surface area contributed by atoms with E-state index in [0.717, 1.165) is 5.56 Å². The molecule has 1 rings (SSSR count). The summed E-state index contributed by atoms with van der Waals surface area (Å²) >= 11 is 0. The van der Waals surface area contributed by atoms with E-state index in [1.165, 1.54) is 0 Å². The molecule has 3 N–H and O–H groups in total. The van der Waals surface area contributed by atoms with E-state index in [-0.39, 0.29) is 11.8 Å². The lowest BCUT2D eigenvalue weighted by Gasteiger charge is -2.17. The highest BCUT2D eigenvalue weighted by molar-refractivity contribution is 5.81. The number of hydrogen-bond donors (Lipinski definition) is 2. The van der Waals surface area contributed by atoms with Crippen molar-refractivity contribution in [3.05, 3.63) is 35.9 Å². The van der Waals surface area contributed by atoms with Crippen LogP contribution in [0.5, 0.6) is 0 Å². The largest absolute Gasteiger partial charge is 0.376 e. The van der Waals surface area contributed by atoms with Gasteiger partial charge in [0.2, 0.25) is 5.91 Å². The number of benzene rings is 1. The molecule has 1 amide bonds. The Bertz CT molecular complexity index is 407. The molecule has 0 spiro atoms. The number of nitrogens with two attached hydrogens (primary N) is 1. The number of carbonyl (C=O) groups is 1. The summed E-state index contributed by atoms with van der Waals surface area (Å²) < 4.78 is 5.66. The fourth-order valence-corrected chi connectivity index (χ4v) is 2.03. The van der Waals surface area contributed by atoms with Gasteiger partial charge < -0.3 is 15.8 Å². The van der Waals surface area contributed by atoms with Crippen molar-refractivity contribution in [3.63, 3.8) is 0 Å². The summed E-state index contributed by atoms with van der Waals surface area (Å²) in [5, 5.41) is 2.89. The zero-order chi connectivity index (χ0) is 15.7. The van der Waals surface area contributed by atoms with Crippen LogP contribution in [0.1, 0.15) is 32.8 Å². The van der Waals surface area contributed by atoms with Crippen LogP contribution in [0.2, 0.25) is 0 Å². The van der Waals surface area contributed by atoms with Gasteiger partial charge in [0.1, 0.15) is 0 Å². The topological polar surface area (TPSA) is 64.4 Å². The van der Waals surface area contributed by atoms with Gasteiger partial charge in [0.05, 0.1) is 19.3 Å². The van der Waals surface area contributed by atoms with E-state index in [1.54, 1.807) is 0 Å². The molecule has 1 aromatic carbocycles. The monoisotopic (exact) mass is 292 g/mol. The van der Waals surface area contributed by atoms with Crippen LogP contribution in [0, 0.1) is 11.8 Å². The van der Waals surface area contributed by atoms with E-state index in [0.29, 0.717) is 32.1 Å². The van der Waals surface area contributed by atoms with Gasteiger partial charge in [-0.1, -0.05) is 51.1 Å². The summed E-state index contributed by atoms with van der Waals surface area (Å²) in [5.74, 6) is 0.625. The molecule has 0 aliphatic heterocycles. The summed E-state index contributed by atoms with van der Waals surface area (Å²) in [6, 6.07) is 9.65. The highest BCUT2D eigenvalue weighted by atomic mass is 16.5. The van der Waals surface area contributed by atoms with Gasteiger partial charge in [-0.15, -0.1) is 0 Å². The van der Waals surface area contributed by atoms with Crippen LogP contribution in [-0.4, -0.2) is 25.1 Å². The van der Waals surface area contributed by atoms with Crippen LogP contribution < -0.4 is 11.1 Å². The third-order valence-corrected chi connectivity index (χ3v) is 3.20. The Labute approximate surface area is 128 Å². The number of rotatable bonds is 9. The fourth-order valence-electron chi connectivity index (χ4n) is 2.03. The Morgan fingerprint density at radius 2 is 1.90 bits per heavy atom. The van der Waals surface area contributed by atoms with Crippen molar-refractivity contribution in [3.8, 4) is 0 Å². The predicted octanol–water partition coefficient (Wildman–Crippen LogP) is 2.33. The first-order chi connectivity index (χ1) is 9.99. The summed E-state index contributed by atoms with van der Waals surface area (Å²) in [6.07, 6.45) is 0.713. The molecule has 0 aliphatic rings. The first-order valence-electron chi connectivity index (χ1n) is 7.64. The molecule has 0 bridgehead atoms.